The monoisotopic (exact) mass is 268 g/mol. The molecule has 0 amide bonds. The molecule has 3 nitrogen and oxygen atoms in total. The van der Waals surface area contributed by atoms with E-state index in [1.807, 2.05) is 0 Å². The summed E-state index contributed by atoms with van der Waals surface area (Å²) in [6.45, 7) is 2.08. The second kappa shape index (κ2) is 8.23. The van der Waals surface area contributed by atoms with Gasteiger partial charge in [0.1, 0.15) is 0 Å². The number of nitrogens with one attached hydrogen (secondary N) is 1. The maximum atomic E-state index is 5.90. The lowest BCUT2D eigenvalue weighted by Gasteiger charge is -2.38. The lowest BCUT2D eigenvalue weighted by atomic mass is 9.91. The number of ether oxygens (including phenoxy) is 1. The normalized spacial score (nSPS) is 33.9. The van der Waals surface area contributed by atoms with E-state index in [2.05, 4.69) is 24.3 Å². The summed E-state index contributed by atoms with van der Waals surface area (Å²) in [5, 5.41) is 3.56. The maximum absolute atomic E-state index is 5.90. The average Bonchev–Trinajstić information content (AvgIpc) is 2.39. The summed E-state index contributed by atoms with van der Waals surface area (Å²) in [6, 6.07) is 1.35. The molecular weight excluding hydrogens is 236 g/mol. The lowest BCUT2D eigenvalue weighted by molar-refractivity contribution is -0.0125. The first-order valence-electron chi connectivity index (χ1n) is 8.30. The van der Waals surface area contributed by atoms with E-state index in [-0.39, 0.29) is 0 Å². The van der Waals surface area contributed by atoms with Gasteiger partial charge in [-0.05, 0) is 46.2 Å². The summed E-state index contributed by atoms with van der Waals surface area (Å²) in [4.78, 5) is 2.57. The second-order valence-electron chi connectivity index (χ2n) is 6.38. The highest BCUT2D eigenvalue weighted by Gasteiger charge is 2.27. The molecule has 0 aromatic carbocycles. The highest BCUT2D eigenvalue weighted by Crippen LogP contribution is 2.23. The second-order valence-corrected chi connectivity index (χ2v) is 6.38. The van der Waals surface area contributed by atoms with E-state index in [0.29, 0.717) is 18.2 Å². The molecule has 112 valence electrons. The van der Waals surface area contributed by atoms with E-state index >= 15 is 0 Å². The molecule has 0 radical (unpaired) electrons. The molecule has 0 aromatic heterocycles. The van der Waals surface area contributed by atoms with E-state index in [1.165, 1.54) is 57.8 Å². The summed E-state index contributed by atoms with van der Waals surface area (Å²) in [7, 11) is 4.43. The molecule has 1 saturated heterocycles. The molecule has 1 N–H and O–H groups in total. The molecule has 2 aliphatic rings. The minimum Gasteiger partial charge on any atom is -0.377 e. The zero-order valence-electron chi connectivity index (χ0n) is 12.9. The number of hydrogen-bond acceptors (Lipinski definition) is 3. The van der Waals surface area contributed by atoms with Gasteiger partial charge < -0.3 is 10.1 Å². The largest absolute Gasteiger partial charge is 0.377 e. The van der Waals surface area contributed by atoms with Gasteiger partial charge in [0.15, 0.2) is 0 Å². The van der Waals surface area contributed by atoms with E-state index in [0.717, 1.165) is 13.2 Å². The van der Waals surface area contributed by atoms with Gasteiger partial charge in [0.25, 0.3) is 0 Å². The number of nitrogens with zero attached hydrogens (tertiary/aromatic N) is 1. The first kappa shape index (κ1) is 15.3. The van der Waals surface area contributed by atoms with Crippen LogP contribution in [0, 0.1) is 0 Å². The van der Waals surface area contributed by atoms with Crippen LogP contribution in [0.25, 0.3) is 0 Å². The van der Waals surface area contributed by atoms with Gasteiger partial charge in [-0.1, -0.05) is 25.7 Å². The van der Waals surface area contributed by atoms with Crippen molar-refractivity contribution in [2.75, 3.05) is 27.2 Å². The summed E-state index contributed by atoms with van der Waals surface area (Å²) in [5.74, 6) is 0. The maximum Gasteiger partial charge on any atom is 0.0702 e. The van der Waals surface area contributed by atoms with Gasteiger partial charge in [0.05, 0.1) is 6.10 Å². The van der Waals surface area contributed by atoms with Crippen LogP contribution in [0.3, 0.4) is 0 Å². The molecule has 1 heterocycles. The average molecular weight is 268 g/mol. The summed E-state index contributed by atoms with van der Waals surface area (Å²) in [5.41, 5.74) is 0. The Balaban J connectivity index is 1.87. The lowest BCUT2D eigenvalue weighted by Crippen LogP contribution is -2.50. The van der Waals surface area contributed by atoms with Crippen LogP contribution in [0.5, 0.6) is 0 Å². The molecular formula is C16H32N2O. The Labute approximate surface area is 119 Å². The molecule has 3 unspecified atom stereocenters. The predicted molar refractivity (Wildman–Crippen MR) is 80.6 cm³/mol. The van der Waals surface area contributed by atoms with Gasteiger partial charge in [0, 0.05) is 25.2 Å². The van der Waals surface area contributed by atoms with Crippen molar-refractivity contribution >= 4 is 0 Å². The quantitative estimate of drug-likeness (QED) is 0.848. The zero-order chi connectivity index (χ0) is 13.5. The van der Waals surface area contributed by atoms with Crippen LogP contribution in [0.15, 0.2) is 0 Å². The number of likely N-dealkylation sites (N-methyl/N-ethyl adjacent to an activating group) is 2. The molecule has 2 rings (SSSR count). The fourth-order valence-corrected chi connectivity index (χ4v) is 3.74. The molecule has 0 aromatic rings. The Kier molecular flexibility index (Phi) is 6.62. The highest BCUT2D eigenvalue weighted by atomic mass is 16.5. The van der Waals surface area contributed by atoms with Crippen LogP contribution >= 0.6 is 0 Å². The van der Waals surface area contributed by atoms with Crippen molar-refractivity contribution in [1.29, 1.82) is 0 Å². The Bertz CT molecular complexity index is 241. The number of hydrogen-bond donors (Lipinski definition) is 1. The van der Waals surface area contributed by atoms with Crippen LogP contribution < -0.4 is 5.32 Å². The Morgan fingerprint density at radius 3 is 2.42 bits per heavy atom. The van der Waals surface area contributed by atoms with Crippen LogP contribution in [-0.2, 0) is 4.74 Å². The van der Waals surface area contributed by atoms with E-state index < -0.39 is 0 Å². The molecule has 1 saturated carbocycles. The molecule has 3 atom stereocenters. The Morgan fingerprint density at radius 1 is 1.00 bits per heavy atom. The molecule has 1 aliphatic carbocycles. The minimum absolute atomic E-state index is 0.474. The Hall–Kier alpha value is -0.120. The molecule has 0 spiro atoms. The Morgan fingerprint density at radius 2 is 1.74 bits per heavy atom. The summed E-state index contributed by atoms with van der Waals surface area (Å²) in [6.07, 6.45) is 12.6. The molecule has 3 heteroatoms. The van der Waals surface area contributed by atoms with Crippen molar-refractivity contribution in [3.05, 3.63) is 0 Å². The van der Waals surface area contributed by atoms with Crippen molar-refractivity contribution < 1.29 is 4.74 Å². The smallest absolute Gasteiger partial charge is 0.0702 e. The van der Waals surface area contributed by atoms with Crippen LogP contribution in [-0.4, -0.2) is 50.3 Å². The van der Waals surface area contributed by atoms with Gasteiger partial charge in [-0.3, -0.25) is 4.90 Å². The minimum atomic E-state index is 0.474. The van der Waals surface area contributed by atoms with Gasteiger partial charge in [0.2, 0.25) is 0 Å². The molecule has 1 aliphatic heterocycles. The number of rotatable bonds is 4. The van der Waals surface area contributed by atoms with Crippen molar-refractivity contribution in [3.63, 3.8) is 0 Å². The predicted octanol–water partition coefficient (Wildman–Crippen LogP) is 2.80. The van der Waals surface area contributed by atoms with E-state index in [4.69, 9.17) is 4.74 Å². The van der Waals surface area contributed by atoms with Gasteiger partial charge in [-0.2, -0.15) is 0 Å². The van der Waals surface area contributed by atoms with Gasteiger partial charge in [-0.25, -0.2) is 0 Å². The van der Waals surface area contributed by atoms with Gasteiger partial charge >= 0.3 is 0 Å². The highest BCUT2D eigenvalue weighted by molar-refractivity contribution is 4.85. The van der Waals surface area contributed by atoms with Crippen molar-refractivity contribution in [1.82, 2.24) is 10.2 Å². The SMILES string of the molecule is CNC1CCCCCCC1N(C)CC1CCCCO1. The molecule has 19 heavy (non-hydrogen) atoms. The first-order chi connectivity index (χ1) is 9.31. The standard InChI is InChI=1S/C16H32N2O/c1-17-15-10-5-3-4-6-11-16(15)18(2)13-14-9-7-8-12-19-14/h14-17H,3-13H2,1-2H3. The topological polar surface area (TPSA) is 24.5 Å². The fourth-order valence-electron chi connectivity index (χ4n) is 3.74. The van der Waals surface area contributed by atoms with Crippen LogP contribution in [0.4, 0.5) is 0 Å². The van der Waals surface area contributed by atoms with E-state index in [1.54, 1.807) is 0 Å². The van der Waals surface area contributed by atoms with Crippen molar-refractivity contribution in [3.8, 4) is 0 Å². The zero-order valence-corrected chi connectivity index (χ0v) is 12.9. The van der Waals surface area contributed by atoms with Crippen LogP contribution in [0.2, 0.25) is 0 Å². The van der Waals surface area contributed by atoms with Crippen molar-refractivity contribution in [2.24, 2.45) is 0 Å². The summed E-state index contributed by atoms with van der Waals surface area (Å²) < 4.78 is 5.90. The van der Waals surface area contributed by atoms with E-state index in [9.17, 15) is 0 Å². The summed E-state index contributed by atoms with van der Waals surface area (Å²) >= 11 is 0. The fraction of sp³-hybridized carbons (Fsp3) is 1.00. The van der Waals surface area contributed by atoms with Crippen molar-refractivity contribution in [2.45, 2.75) is 76.0 Å². The van der Waals surface area contributed by atoms with Crippen LogP contribution in [0.1, 0.15) is 57.8 Å². The molecule has 0 bridgehead atoms. The third-order valence-electron chi connectivity index (χ3n) is 4.93. The third-order valence-corrected chi connectivity index (χ3v) is 4.93. The molecule has 2 fully saturated rings. The third kappa shape index (κ3) is 4.73. The first-order valence-corrected chi connectivity index (χ1v) is 8.30. The van der Waals surface area contributed by atoms with Gasteiger partial charge in [-0.15, -0.1) is 0 Å².